The van der Waals surface area contributed by atoms with Gasteiger partial charge in [-0.15, -0.1) is 11.8 Å². The minimum atomic E-state index is -0.0543. The third-order valence-corrected chi connectivity index (χ3v) is 7.41. The molecule has 1 fully saturated rings. The molecule has 31 heavy (non-hydrogen) atoms. The fourth-order valence-electron chi connectivity index (χ4n) is 4.65. The maximum atomic E-state index is 12.8. The minimum Gasteiger partial charge on any atom is -0.342 e. The van der Waals surface area contributed by atoms with Crippen LogP contribution in [-0.2, 0) is 22.4 Å². The molecule has 0 unspecified atom stereocenters. The summed E-state index contributed by atoms with van der Waals surface area (Å²) in [5.41, 5.74) is 3.61. The molecule has 5 rings (SSSR count). The van der Waals surface area contributed by atoms with Gasteiger partial charge in [-0.3, -0.25) is 14.6 Å². The summed E-state index contributed by atoms with van der Waals surface area (Å²) < 4.78 is 0. The van der Waals surface area contributed by atoms with E-state index in [0.717, 1.165) is 18.5 Å². The van der Waals surface area contributed by atoms with Gasteiger partial charge in [0.15, 0.2) is 0 Å². The molecule has 1 saturated heterocycles. The molecule has 158 valence electrons. The number of hydrogen-bond acceptors (Lipinski definition) is 4. The lowest BCUT2D eigenvalue weighted by molar-refractivity contribution is -0.132. The Hall–Kier alpha value is -2.86. The van der Waals surface area contributed by atoms with E-state index < -0.39 is 0 Å². The van der Waals surface area contributed by atoms with Crippen LogP contribution in [0, 0.1) is 5.92 Å². The van der Waals surface area contributed by atoms with Crippen LogP contribution in [0.15, 0.2) is 59.8 Å². The zero-order chi connectivity index (χ0) is 21.2. The second kappa shape index (κ2) is 8.71. The predicted molar refractivity (Wildman–Crippen MR) is 124 cm³/mol. The molecule has 6 heteroatoms. The van der Waals surface area contributed by atoms with Crippen molar-refractivity contribution >= 4 is 40.0 Å². The number of likely N-dealkylation sites (tertiary alicyclic amines) is 1. The molecule has 0 radical (unpaired) electrons. The average molecular weight is 432 g/mol. The summed E-state index contributed by atoms with van der Waals surface area (Å²) in [6, 6.07) is 14.5. The molecule has 0 spiro atoms. The topological polar surface area (TPSA) is 62.3 Å². The van der Waals surface area contributed by atoms with Crippen molar-refractivity contribution in [1.82, 2.24) is 9.88 Å². The first-order valence-corrected chi connectivity index (χ1v) is 11.8. The van der Waals surface area contributed by atoms with Crippen LogP contribution in [0.4, 0.5) is 5.69 Å². The van der Waals surface area contributed by atoms with Gasteiger partial charge in [0, 0.05) is 42.0 Å². The van der Waals surface area contributed by atoms with Crippen molar-refractivity contribution in [2.75, 3.05) is 24.2 Å². The van der Waals surface area contributed by atoms with Gasteiger partial charge < -0.3 is 10.2 Å². The van der Waals surface area contributed by atoms with E-state index in [0.29, 0.717) is 31.7 Å². The number of carbonyl (C=O) groups excluding carboxylic acids is 2. The van der Waals surface area contributed by atoms with E-state index in [-0.39, 0.29) is 17.7 Å². The van der Waals surface area contributed by atoms with Crippen LogP contribution in [0.25, 0.3) is 10.8 Å². The number of rotatable bonds is 5. The number of carbonyl (C=O) groups is 2. The molecule has 2 heterocycles. The molecule has 0 bridgehead atoms. The number of nitrogens with one attached hydrogen (secondary N) is 1. The highest BCUT2D eigenvalue weighted by Crippen LogP contribution is 2.36. The quantitative estimate of drug-likeness (QED) is 0.612. The number of hydrogen-bond donors (Lipinski definition) is 1. The molecule has 1 aliphatic heterocycles. The minimum absolute atomic E-state index is 0.0283. The second-order valence-electron chi connectivity index (χ2n) is 8.23. The van der Waals surface area contributed by atoms with Crippen molar-refractivity contribution in [2.24, 2.45) is 5.92 Å². The lowest BCUT2D eigenvalue weighted by Crippen LogP contribution is -2.42. The van der Waals surface area contributed by atoms with Crippen LogP contribution in [0.3, 0.4) is 0 Å². The fraction of sp³-hybridized carbons (Fsp3) is 0.320. The Bertz CT molecular complexity index is 1110. The van der Waals surface area contributed by atoms with Crippen molar-refractivity contribution in [3.8, 4) is 0 Å². The Morgan fingerprint density at radius 2 is 1.74 bits per heavy atom. The molecule has 0 atom stereocenters. The van der Waals surface area contributed by atoms with Gasteiger partial charge in [-0.1, -0.05) is 24.3 Å². The molecular weight excluding hydrogens is 406 g/mol. The van der Waals surface area contributed by atoms with Crippen molar-refractivity contribution in [3.63, 3.8) is 0 Å². The third kappa shape index (κ3) is 4.17. The largest absolute Gasteiger partial charge is 0.342 e. The summed E-state index contributed by atoms with van der Waals surface area (Å²) in [7, 11) is 0. The first-order chi connectivity index (χ1) is 15.2. The number of amides is 2. The van der Waals surface area contributed by atoms with Crippen molar-refractivity contribution in [2.45, 2.75) is 30.6 Å². The number of anilines is 1. The fourth-order valence-corrected chi connectivity index (χ4v) is 5.60. The first-order valence-electron chi connectivity index (χ1n) is 10.8. The Labute approximate surface area is 186 Å². The van der Waals surface area contributed by atoms with Crippen LogP contribution in [-0.4, -0.2) is 40.5 Å². The van der Waals surface area contributed by atoms with E-state index in [1.807, 2.05) is 4.90 Å². The number of piperidine rings is 1. The van der Waals surface area contributed by atoms with Gasteiger partial charge in [-0.25, -0.2) is 0 Å². The highest BCUT2D eigenvalue weighted by Gasteiger charge is 2.27. The SMILES string of the molecule is O=C(Nc1ccncc1)C1CCN(C(=O)CSc2ccc3c4c(cccc24)CC3)CC1. The van der Waals surface area contributed by atoms with Gasteiger partial charge in [-0.2, -0.15) is 0 Å². The van der Waals surface area contributed by atoms with Crippen molar-refractivity contribution in [1.29, 1.82) is 0 Å². The van der Waals surface area contributed by atoms with Gasteiger partial charge in [0.2, 0.25) is 11.8 Å². The zero-order valence-electron chi connectivity index (χ0n) is 17.3. The summed E-state index contributed by atoms with van der Waals surface area (Å²) in [5.74, 6) is 0.565. The first kappa shape index (κ1) is 20.1. The number of aromatic nitrogens is 1. The van der Waals surface area contributed by atoms with E-state index in [1.165, 1.54) is 26.8 Å². The van der Waals surface area contributed by atoms with E-state index >= 15 is 0 Å². The highest BCUT2D eigenvalue weighted by molar-refractivity contribution is 8.00. The Kier molecular flexibility index (Phi) is 5.64. The van der Waals surface area contributed by atoms with E-state index in [4.69, 9.17) is 0 Å². The third-order valence-electron chi connectivity index (χ3n) is 6.35. The van der Waals surface area contributed by atoms with Gasteiger partial charge in [-0.05, 0) is 65.8 Å². The standard InChI is InChI=1S/C25H25N3O2S/c29-23(16-31-22-7-6-18-5-4-17-2-1-3-21(22)24(17)18)28-14-10-19(11-15-28)25(30)27-20-8-12-26-13-9-20/h1-3,6-9,12-13,19H,4-5,10-11,14-16H2,(H,26,27,30). The van der Waals surface area contributed by atoms with Gasteiger partial charge in [0.05, 0.1) is 5.75 Å². The predicted octanol–water partition coefficient (Wildman–Crippen LogP) is 4.30. The van der Waals surface area contributed by atoms with E-state index in [1.54, 1.807) is 36.3 Å². The average Bonchev–Trinajstić information content (AvgIpc) is 3.24. The van der Waals surface area contributed by atoms with Gasteiger partial charge in [0.25, 0.3) is 0 Å². The Balaban J connectivity index is 1.16. The number of nitrogens with zero attached hydrogens (tertiary/aromatic N) is 2. The highest BCUT2D eigenvalue weighted by atomic mass is 32.2. The maximum absolute atomic E-state index is 12.8. The molecule has 5 nitrogen and oxygen atoms in total. The second-order valence-corrected chi connectivity index (χ2v) is 9.25. The molecule has 1 aliphatic carbocycles. The van der Waals surface area contributed by atoms with Gasteiger partial charge in [0.1, 0.15) is 0 Å². The number of aryl methyl sites for hydroxylation is 2. The molecule has 3 aromatic rings. The zero-order valence-corrected chi connectivity index (χ0v) is 18.2. The Morgan fingerprint density at radius 1 is 1.00 bits per heavy atom. The van der Waals surface area contributed by atoms with Crippen LogP contribution in [0.2, 0.25) is 0 Å². The maximum Gasteiger partial charge on any atom is 0.232 e. The van der Waals surface area contributed by atoms with Crippen LogP contribution in [0.1, 0.15) is 24.0 Å². The van der Waals surface area contributed by atoms with Crippen LogP contribution in [0.5, 0.6) is 0 Å². The smallest absolute Gasteiger partial charge is 0.232 e. The normalized spacial score (nSPS) is 15.9. The summed E-state index contributed by atoms with van der Waals surface area (Å²) in [6.45, 7) is 1.27. The molecule has 1 N–H and O–H groups in total. The molecule has 0 saturated carbocycles. The van der Waals surface area contributed by atoms with Gasteiger partial charge >= 0.3 is 0 Å². The van der Waals surface area contributed by atoms with Crippen LogP contribution >= 0.6 is 11.8 Å². The molecule has 2 amide bonds. The number of pyridine rings is 1. The molecular formula is C25H25N3O2S. The van der Waals surface area contributed by atoms with E-state index in [2.05, 4.69) is 40.6 Å². The van der Waals surface area contributed by atoms with E-state index in [9.17, 15) is 9.59 Å². The monoisotopic (exact) mass is 431 g/mol. The summed E-state index contributed by atoms with van der Waals surface area (Å²) >= 11 is 1.63. The van der Waals surface area contributed by atoms with Crippen molar-refractivity contribution < 1.29 is 9.59 Å². The lowest BCUT2D eigenvalue weighted by atomic mass is 9.96. The lowest BCUT2D eigenvalue weighted by Gasteiger charge is -2.31. The summed E-state index contributed by atoms with van der Waals surface area (Å²) in [4.78, 5) is 32.4. The molecule has 1 aromatic heterocycles. The molecule has 2 aliphatic rings. The molecule has 2 aromatic carbocycles. The van der Waals surface area contributed by atoms with Crippen LogP contribution < -0.4 is 5.32 Å². The number of benzene rings is 2. The summed E-state index contributed by atoms with van der Waals surface area (Å²) in [5, 5.41) is 5.61. The number of thioether (sulfide) groups is 1. The van der Waals surface area contributed by atoms with Crippen molar-refractivity contribution in [3.05, 3.63) is 66.0 Å². The Morgan fingerprint density at radius 3 is 2.52 bits per heavy atom. The summed E-state index contributed by atoms with van der Waals surface area (Å²) in [6.07, 6.45) is 6.96.